The van der Waals surface area contributed by atoms with E-state index in [1.165, 1.54) is 0 Å². The van der Waals surface area contributed by atoms with Crippen molar-refractivity contribution >= 4 is 49.8 Å². The Morgan fingerprint density at radius 3 is 2.26 bits per heavy atom. The SMILES string of the molecule is O=C(CCCCC(S)CCS)NC(CS)C(=O)O.[Zn+2]. The van der Waals surface area contributed by atoms with Gasteiger partial charge >= 0.3 is 25.4 Å². The van der Waals surface area contributed by atoms with Gasteiger partial charge in [-0.1, -0.05) is 6.42 Å². The molecule has 0 spiro atoms. The molecule has 0 rings (SSSR count). The average Bonchev–Trinajstić information content (AvgIpc) is 2.31. The molecule has 2 atom stereocenters. The molecule has 0 aliphatic heterocycles. The molecule has 0 aromatic carbocycles. The molecule has 0 heterocycles. The number of thiol groups is 3. The fourth-order valence-electron chi connectivity index (χ4n) is 1.41. The van der Waals surface area contributed by atoms with Crippen LogP contribution in [0.5, 0.6) is 0 Å². The molecular formula is C11H21NO3S3Zn+2. The standard InChI is InChI=1S/C11H21NO3S3.Zn/c13-10(12-9(7-17)11(14)15)4-2-1-3-8(18)5-6-16;/h8-9,16-18H,1-7H2,(H,12,13)(H,14,15);/q;+2. The topological polar surface area (TPSA) is 66.4 Å². The molecule has 0 fully saturated rings. The van der Waals surface area contributed by atoms with Crippen molar-refractivity contribution in [2.45, 2.75) is 43.4 Å². The fraction of sp³-hybridized carbons (Fsp3) is 0.818. The first-order chi connectivity index (χ1) is 8.51. The molecule has 0 bridgehead atoms. The molecule has 0 aliphatic rings. The van der Waals surface area contributed by atoms with E-state index >= 15 is 0 Å². The molecule has 4 nitrogen and oxygen atoms in total. The zero-order valence-corrected chi connectivity index (χ0v) is 16.6. The van der Waals surface area contributed by atoms with E-state index in [2.05, 4.69) is 43.2 Å². The molecule has 0 saturated heterocycles. The van der Waals surface area contributed by atoms with Gasteiger partial charge in [0.05, 0.1) is 0 Å². The van der Waals surface area contributed by atoms with Gasteiger partial charge < -0.3 is 10.4 Å². The molecule has 0 aromatic rings. The van der Waals surface area contributed by atoms with Crippen molar-refractivity contribution in [2.24, 2.45) is 0 Å². The summed E-state index contributed by atoms with van der Waals surface area (Å²) in [5.41, 5.74) is 0. The molecule has 2 unspecified atom stereocenters. The summed E-state index contributed by atoms with van der Waals surface area (Å²) in [6, 6.07) is -0.900. The van der Waals surface area contributed by atoms with Gasteiger partial charge in [0.15, 0.2) is 0 Å². The molecule has 0 radical (unpaired) electrons. The van der Waals surface area contributed by atoms with Crippen LogP contribution >= 0.6 is 37.9 Å². The summed E-state index contributed by atoms with van der Waals surface area (Å²) in [6.45, 7) is 0. The number of hydrogen-bond acceptors (Lipinski definition) is 5. The van der Waals surface area contributed by atoms with Crippen LogP contribution in [-0.4, -0.2) is 39.8 Å². The third-order valence-electron chi connectivity index (χ3n) is 2.47. The summed E-state index contributed by atoms with van der Waals surface area (Å²) in [5, 5.41) is 11.5. The number of nitrogens with one attached hydrogen (secondary N) is 1. The Labute approximate surface area is 143 Å². The molecule has 106 valence electrons. The molecule has 0 aromatic heterocycles. The molecule has 19 heavy (non-hydrogen) atoms. The van der Waals surface area contributed by atoms with Gasteiger partial charge in [0.1, 0.15) is 6.04 Å². The number of amides is 1. The quantitative estimate of drug-likeness (QED) is 0.229. The van der Waals surface area contributed by atoms with Crippen LogP contribution < -0.4 is 5.32 Å². The zero-order chi connectivity index (χ0) is 14.0. The summed E-state index contributed by atoms with van der Waals surface area (Å²) in [7, 11) is 0. The molecule has 2 N–H and O–H groups in total. The fourth-order valence-corrected chi connectivity index (χ4v) is 2.49. The van der Waals surface area contributed by atoms with E-state index in [4.69, 9.17) is 5.11 Å². The van der Waals surface area contributed by atoms with Crippen LogP contribution in [0.3, 0.4) is 0 Å². The Kier molecular flexibility index (Phi) is 15.7. The summed E-state index contributed by atoms with van der Waals surface area (Å²) in [4.78, 5) is 22.1. The van der Waals surface area contributed by atoms with Crippen molar-refractivity contribution in [3.63, 3.8) is 0 Å². The number of carbonyl (C=O) groups is 2. The molecule has 0 saturated carbocycles. The summed E-state index contributed by atoms with van der Waals surface area (Å²) >= 11 is 12.4. The van der Waals surface area contributed by atoms with E-state index in [9.17, 15) is 9.59 Å². The van der Waals surface area contributed by atoms with E-state index < -0.39 is 12.0 Å². The third-order valence-corrected chi connectivity index (χ3v) is 3.61. The van der Waals surface area contributed by atoms with Crippen molar-refractivity contribution in [3.05, 3.63) is 0 Å². The summed E-state index contributed by atoms with van der Waals surface area (Å²) in [5.74, 6) is -0.373. The Hall–Kier alpha value is 0.613. The number of rotatable bonds is 10. The van der Waals surface area contributed by atoms with Gasteiger partial charge in [0.25, 0.3) is 0 Å². The van der Waals surface area contributed by atoms with Gasteiger partial charge in [-0.3, -0.25) is 4.79 Å². The minimum atomic E-state index is -1.05. The summed E-state index contributed by atoms with van der Waals surface area (Å²) in [6.07, 6.45) is 3.91. The minimum Gasteiger partial charge on any atom is -0.480 e. The third kappa shape index (κ3) is 12.1. The second-order valence-corrected chi connectivity index (χ2v) is 5.60. The van der Waals surface area contributed by atoms with Gasteiger partial charge in [-0.15, -0.1) is 0 Å². The van der Waals surface area contributed by atoms with Crippen molar-refractivity contribution < 1.29 is 34.2 Å². The van der Waals surface area contributed by atoms with Crippen LogP contribution in [0.25, 0.3) is 0 Å². The van der Waals surface area contributed by atoms with E-state index in [0.717, 1.165) is 31.4 Å². The van der Waals surface area contributed by atoms with Crippen molar-refractivity contribution in [1.82, 2.24) is 5.32 Å². The number of unbranched alkanes of at least 4 members (excludes halogenated alkanes) is 1. The predicted octanol–water partition coefficient (Wildman–Crippen LogP) is 1.66. The van der Waals surface area contributed by atoms with Crippen LogP contribution in [0.15, 0.2) is 0 Å². The Bertz CT molecular complexity index is 270. The molecule has 8 heteroatoms. The Morgan fingerprint density at radius 2 is 1.79 bits per heavy atom. The zero-order valence-electron chi connectivity index (χ0n) is 10.9. The number of aliphatic carboxylic acids is 1. The van der Waals surface area contributed by atoms with Gasteiger partial charge in [-0.25, -0.2) is 4.79 Å². The number of carbonyl (C=O) groups excluding carboxylic acids is 1. The first kappa shape index (κ1) is 21.9. The van der Waals surface area contributed by atoms with Crippen molar-refractivity contribution in [1.29, 1.82) is 0 Å². The van der Waals surface area contributed by atoms with Gasteiger partial charge in [-0.05, 0) is 25.0 Å². The average molecular weight is 377 g/mol. The van der Waals surface area contributed by atoms with Gasteiger partial charge in [-0.2, -0.15) is 37.9 Å². The normalized spacial score (nSPS) is 13.2. The Balaban J connectivity index is 0. The van der Waals surface area contributed by atoms with Gasteiger partial charge in [0, 0.05) is 17.4 Å². The molecule has 1 amide bonds. The van der Waals surface area contributed by atoms with Crippen LogP contribution in [0.4, 0.5) is 0 Å². The van der Waals surface area contributed by atoms with Gasteiger partial charge in [0.2, 0.25) is 5.91 Å². The smallest absolute Gasteiger partial charge is 0.480 e. The molecular weight excluding hydrogens is 356 g/mol. The maximum Gasteiger partial charge on any atom is 2.00 e. The number of hydrogen-bond donors (Lipinski definition) is 5. The van der Waals surface area contributed by atoms with E-state index in [0.29, 0.717) is 11.7 Å². The summed E-state index contributed by atoms with van der Waals surface area (Å²) < 4.78 is 0. The maximum absolute atomic E-state index is 11.4. The van der Waals surface area contributed by atoms with Crippen LogP contribution in [0, 0.1) is 0 Å². The largest absolute Gasteiger partial charge is 2.00 e. The number of carboxylic acid groups (broad SMARTS) is 1. The Morgan fingerprint density at radius 1 is 1.16 bits per heavy atom. The van der Waals surface area contributed by atoms with Crippen molar-refractivity contribution in [2.75, 3.05) is 11.5 Å². The van der Waals surface area contributed by atoms with E-state index in [-0.39, 0.29) is 31.1 Å². The number of carboxylic acids is 1. The second kappa shape index (κ2) is 13.6. The first-order valence-electron chi connectivity index (χ1n) is 5.93. The predicted molar refractivity (Wildman–Crippen MR) is 83.1 cm³/mol. The second-order valence-electron chi connectivity index (χ2n) is 4.05. The van der Waals surface area contributed by atoms with Crippen LogP contribution in [0.2, 0.25) is 0 Å². The van der Waals surface area contributed by atoms with Crippen LogP contribution in [-0.2, 0) is 29.1 Å². The van der Waals surface area contributed by atoms with Crippen LogP contribution in [0.1, 0.15) is 32.1 Å². The van der Waals surface area contributed by atoms with E-state index in [1.54, 1.807) is 0 Å². The van der Waals surface area contributed by atoms with E-state index in [1.807, 2.05) is 0 Å². The molecule has 0 aliphatic carbocycles. The minimum absolute atomic E-state index is 0. The van der Waals surface area contributed by atoms with Crippen molar-refractivity contribution in [3.8, 4) is 0 Å². The maximum atomic E-state index is 11.4. The first-order valence-corrected chi connectivity index (χ1v) is 7.71. The monoisotopic (exact) mass is 375 g/mol.